The van der Waals surface area contributed by atoms with Gasteiger partial charge in [0.2, 0.25) is 5.69 Å². The fraction of sp³-hybridized carbons (Fsp3) is 0. The van der Waals surface area contributed by atoms with Gasteiger partial charge in [-0.3, -0.25) is 0 Å². The molecule has 4 heteroatoms. The maximum atomic E-state index is 11.8. The van der Waals surface area contributed by atoms with E-state index < -0.39 is 0 Å². The van der Waals surface area contributed by atoms with Crippen molar-refractivity contribution in [2.24, 2.45) is 0 Å². The number of aromatic hydroxyl groups is 1. The lowest BCUT2D eigenvalue weighted by atomic mass is 10.2. The Morgan fingerprint density at radius 3 is 2.22 bits per heavy atom. The molecule has 0 saturated carbocycles. The molecule has 0 aliphatic rings. The summed E-state index contributed by atoms with van der Waals surface area (Å²) in [6.45, 7) is 0. The number of hydrogen-bond donors (Lipinski definition) is 1. The van der Waals surface area contributed by atoms with E-state index in [2.05, 4.69) is 0 Å². The Morgan fingerprint density at radius 2 is 1.67 bits per heavy atom. The molecule has 0 aliphatic carbocycles. The minimum absolute atomic E-state index is 0.156. The van der Waals surface area contributed by atoms with E-state index in [0.29, 0.717) is 21.6 Å². The van der Waals surface area contributed by atoms with Crippen LogP contribution >= 0.6 is 0 Å². The monoisotopic (exact) mass is 238 g/mol. The van der Waals surface area contributed by atoms with Crippen LogP contribution in [-0.2, 0) is 0 Å². The van der Waals surface area contributed by atoms with Crippen molar-refractivity contribution in [2.75, 3.05) is 0 Å². The second kappa shape index (κ2) is 5.02. The van der Waals surface area contributed by atoms with Gasteiger partial charge in [0, 0.05) is 17.7 Å². The van der Waals surface area contributed by atoms with E-state index in [-0.39, 0.29) is 5.75 Å². The standard InChI is InChI=1S/C14H10N2O2/c15-9-11-1-5-13(6-2-11)16(18)10-12-3-7-14(17)8-4-12/h1-8,10,17H. The fourth-order valence-electron chi connectivity index (χ4n) is 1.45. The second-order valence-electron chi connectivity index (χ2n) is 3.71. The van der Waals surface area contributed by atoms with Crippen molar-refractivity contribution in [3.8, 4) is 11.8 Å². The van der Waals surface area contributed by atoms with Crippen molar-refractivity contribution >= 4 is 11.9 Å². The summed E-state index contributed by atoms with van der Waals surface area (Å²) in [6, 6.07) is 14.6. The lowest BCUT2D eigenvalue weighted by molar-refractivity contribution is -0.354. The van der Waals surface area contributed by atoms with Gasteiger partial charge in [-0.05, 0) is 36.4 Å². The van der Waals surface area contributed by atoms with E-state index in [0.717, 1.165) is 0 Å². The Bertz CT molecular complexity index is 608. The zero-order valence-corrected chi connectivity index (χ0v) is 9.45. The van der Waals surface area contributed by atoms with Gasteiger partial charge in [-0.1, -0.05) is 0 Å². The summed E-state index contributed by atoms with van der Waals surface area (Å²) in [7, 11) is 0. The van der Waals surface area contributed by atoms with Crippen LogP contribution in [-0.4, -0.2) is 16.1 Å². The quantitative estimate of drug-likeness (QED) is 0.378. The Hall–Kier alpha value is -2.80. The fourth-order valence-corrected chi connectivity index (χ4v) is 1.45. The normalized spacial score (nSPS) is 10.9. The molecule has 88 valence electrons. The number of phenolic OH excluding ortho intramolecular Hbond substituents is 1. The van der Waals surface area contributed by atoms with Crippen LogP contribution in [0, 0.1) is 16.5 Å². The minimum Gasteiger partial charge on any atom is -0.618 e. The summed E-state index contributed by atoms with van der Waals surface area (Å²) in [4.78, 5) is 0. The molecule has 2 aromatic carbocycles. The van der Waals surface area contributed by atoms with Crippen molar-refractivity contribution in [2.45, 2.75) is 0 Å². The summed E-state index contributed by atoms with van der Waals surface area (Å²) in [5.74, 6) is 0.156. The van der Waals surface area contributed by atoms with E-state index >= 15 is 0 Å². The smallest absolute Gasteiger partial charge is 0.216 e. The minimum atomic E-state index is 0.156. The number of hydrogen-bond acceptors (Lipinski definition) is 3. The van der Waals surface area contributed by atoms with Gasteiger partial charge in [0.25, 0.3) is 0 Å². The molecule has 0 saturated heterocycles. The molecule has 0 amide bonds. The Morgan fingerprint density at radius 1 is 1.06 bits per heavy atom. The molecule has 0 bridgehead atoms. The first kappa shape index (κ1) is 11.7. The maximum absolute atomic E-state index is 11.8. The zero-order valence-electron chi connectivity index (χ0n) is 9.45. The first-order chi connectivity index (χ1) is 8.69. The lowest BCUT2D eigenvalue weighted by Gasteiger charge is -2.02. The molecule has 18 heavy (non-hydrogen) atoms. The zero-order chi connectivity index (χ0) is 13.0. The van der Waals surface area contributed by atoms with Crippen LogP contribution in [0.4, 0.5) is 5.69 Å². The van der Waals surface area contributed by atoms with Gasteiger partial charge in [-0.2, -0.15) is 10.0 Å². The van der Waals surface area contributed by atoms with E-state index in [1.54, 1.807) is 36.4 Å². The lowest BCUT2D eigenvalue weighted by Crippen LogP contribution is -1.98. The average Bonchev–Trinajstić information content (AvgIpc) is 2.41. The van der Waals surface area contributed by atoms with Gasteiger partial charge in [0.15, 0.2) is 6.21 Å². The Kier molecular flexibility index (Phi) is 3.26. The summed E-state index contributed by atoms with van der Waals surface area (Å²) in [5.41, 5.74) is 1.64. The molecule has 0 unspecified atom stereocenters. The molecule has 0 radical (unpaired) electrons. The third-order valence-electron chi connectivity index (χ3n) is 2.41. The van der Waals surface area contributed by atoms with Crippen molar-refractivity contribution in [3.63, 3.8) is 0 Å². The molecule has 0 atom stereocenters. The van der Waals surface area contributed by atoms with Crippen LogP contribution in [0.2, 0.25) is 0 Å². The SMILES string of the molecule is N#Cc1ccc([N+]([O-])=Cc2ccc(O)cc2)cc1. The van der Waals surface area contributed by atoms with Gasteiger partial charge in [-0.25, -0.2) is 0 Å². The van der Waals surface area contributed by atoms with Crippen molar-refractivity contribution in [1.29, 1.82) is 5.26 Å². The molecular weight excluding hydrogens is 228 g/mol. The first-order valence-corrected chi connectivity index (χ1v) is 5.29. The third-order valence-corrected chi connectivity index (χ3v) is 2.41. The van der Waals surface area contributed by atoms with E-state index in [9.17, 15) is 5.21 Å². The van der Waals surface area contributed by atoms with Gasteiger partial charge in [0.05, 0.1) is 11.6 Å². The van der Waals surface area contributed by atoms with Crippen LogP contribution in [0.25, 0.3) is 0 Å². The second-order valence-corrected chi connectivity index (χ2v) is 3.71. The molecule has 4 nitrogen and oxygen atoms in total. The molecule has 0 aromatic heterocycles. The van der Waals surface area contributed by atoms with Crippen LogP contribution in [0.1, 0.15) is 11.1 Å². The topological polar surface area (TPSA) is 70.1 Å². The third kappa shape index (κ3) is 2.66. The largest absolute Gasteiger partial charge is 0.618 e. The van der Waals surface area contributed by atoms with Crippen LogP contribution < -0.4 is 0 Å². The molecule has 0 fully saturated rings. The molecule has 0 spiro atoms. The summed E-state index contributed by atoms with van der Waals surface area (Å²) in [6.07, 6.45) is 1.40. The highest BCUT2D eigenvalue weighted by molar-refractivity contribution is 5.76. The highest BCUT2D eigenvalue weighted by Crippen LogP contribution is 2.13. The maximum Gasteiger partial charge on any atom is 0.216 e. The van der Waals surface area contributed by atoms with Gasteiger partial charge in [-0.15, -0.1) is 0 Å². The number of nitriles is 1. The highest BCUT2D eigenvalue weighted by atomic mass is 16.5. The van der Waals surface area contributed by atoms with Crippen molar-refractivity contribution in [3.05, 3.63) is 64.9 Å². The Balaban J connectivity index is 2.27. The molecular formula is C14H10N2O2. The highest BCUT2D eigenvalue weighted by Gasteiger charge is 2.02. The van der Waals surface area contributed by atoms with Crippen LogP contribution in [0.15, 0.2) is 48.5 Å². The summed E-state index contributed by atoms with van der Waals surface area (Å²) < 4.78 is 0.716. The summed E-state index contributed by atoms with van der Waals surface area (Å²) in [5, 5.41) is 29.6. The van der Waals surface area contributed by atoms with Gasteiger partial charge >= 0.3 is 0 Å². The van der Waals surface area contributed by atoms with Crippen LogP contribution in [0.3, 0.4) is 0 Å². The van der Waals surface area contributed by atoms with Crippen molar-refractivity contribution in [1.82, 2.24) is 0 Å². The number of rotatable bonds is 2. The number of phenols is 1. The van der Waals surface area contributed by atoms with Gasteiger partial charge < -0.3 is 10.3 Å². The number of nitrogens with zero attached hydrogens (tertiary/aromatic N) is 2. The van der Waals surface area contributed by atoms with Crippen molar-refractivity contribution < 1.29 is 9.85 Å². The Labute approximate surface area is 104 Å². The summed E-state index contributed by atoms with van der Waals surface area (Å²) >= 11 is 0. The van der Waals surface area contributed by atoms with Gasteiger partial charge in [0.1, 0.15) is 5.75 Å². The number of benzene rings is 2. The van der Waals surface area contributed by atoms with Crippen LogP contribution in [0.5, 0.6) is 5.75 Å². The molecule has 0 heterocycles. The predicted octanol–water partition coefficient (Wildman–Crippen LogP) is 2.52. The molecule has 2 rings (SSSR count). The molecule has 0 aliphatic heterocycles. The van der Waals surface area contributed by atoms with E-state index in [1.807, 2.05) is 6.07 Å². The first-order valence-electron chi connectivity index (χ1n) is 5.29. The molecule has 2 aromatic rings. The van der Waals surface area contributed by atoms with E-state index in [4.69, 9.17) is 10.4 Å². The predicted molar refractivity (Wildman–Crippen MR) is 67.7 cm³/mol. The molecule has 1 N–H and O–H groups in total. The average molecular weight is 238 g/mol. The van der Waals surface area contributed by atoms with E-state index in [1.165, 1.54) is 18.3 Å².